The summed E-state index contributed by atoms with van der Waals surface area (Å²) in [4.78, 5) is 0. The van der Waals surface area contributed by atoms with Crippen LogP contribution in [-0.4, -0.2) is 110 Å². The number of benzene rings is 1. The second-order valence-corrected chi connectivity index (χ2v) is 7.60. The first kappa shape index (κ1) is 24.9. The number of rotatable bonds is 7. The lowest BCUT2D eigenvalue weighted by Gasteiger charge is -2.43. The van der Waals surface area contributed by atoms with Crippen molar-refractivity contribution in [3.05, 3.63) is 35.9 Å². The number of hydrogen-bond donors (Lipinski definition) is 7. The SMILES string of the molecule is N#C[C@@H](O[C@H]1OC(CO[C@@H]2O[C@H](CO)[C@@H](O)[C@H](O)[C@H]2O)[C@H](O)[C@@H](O)[C@@H]1O)c1ccccc1. The molecule has 0 radical (unpaired) electrons. The van der Waals surface area contributed by atoms with Gasteiger partial charge in [-0.3, -0.25) is 0 Å². The fourth-order valence-corrected chi connectivity index (χ4v) is 3.51. The molecule has 2 aliphatic heterocycles. The van der Waals surface area contributed by atoms with E-state index in [-0.39, 0.29) is 0 Å². The highest BCUT2D eigenvalue weighted by molar-refractivity contribution is 5.22. The van der Waals surface area contributed by atoms with Crippen LogP contribution >= 0.6 is 0 Å². The van der Waals surface area contributed by atoms with Crippen LogP contribution in [0.3, 0.4) is 0 Å². The molecule has 1 unspecified atom stereocenters. The molecule has 1 aromatic rings. The summed E-state index contributed by atoms with van der Waals surface area (Å²) in [6, 6.07) is 10.3. The summed E-state index contributed by atoms with van der Waals surface area (Å²) in [5, 5.41) is 79.1. The Hall–Kier alpha value is -1.73. The maximum atomic E-state index is 10.3. The highest BCUT2D eigenvalue weighted by Crippen LogP contribution is 2.28. The van der Waals surface area contributed by atoms with Gasteiger partial charge >= 0.3 is 0 Å². The van der Waals surface area contributed by atoms with Gasteiger partial charge < -0.3 is 54.7 Å². The Morgan fingerprint density at radius 2 is 1.38 bits per heavy atom. The molecule has 178 valence electrons. The zero-order valence-corrected chi connectivity index (χ0v) is 16.9. The van der Waals surface area contributed by atoms with E-state index in [1.807, 2.05) is 6.07 Å². The van der Waals surface area contributed by atoms with Gasteiger partial charge in [0.25, 0.3) is 0 Å². The van der Waals surface area contributed by atoms with Crippen LogP contribution < -0.4 is 0 Å². The van der Waals surface area contributed by atoms with Gasteiger partial charge in [-0.05, 0) is 5.56 Å². The maximum Gasteiger partial charge on any atom is 0.188 e. The Kier molecular flexibility index (Phi) is 8.50. The first-order valence-corrected chi connectivity index (χ1v) is 10.00. The molecule has 0 aromatic heterocycles. The van der Waals surface area contributed by atoms with Crippen LogP contribution in [0, 0.1) is 11.3 Å². The summed E-state index contributed by atoms with van der Waals surface area (Å²) in [7, 11) is 0. The van der Waals surface area contributed by atoms with Crippen LogP contribution in [0.2, 0.25) is 0 Å². The number of hydrogen-bond acceptors (Lipinski definition) is 12. The highest BCUT2D eigenvalue weighted by atomic mass is 16.7. The molecule has 12 nitrogen and oxygen atoms in total. The molecule has 32 heavy (non-hydrogen) atoms. The van der Waals surface area contributed by atoms with Crippen LogP contribution in [0.25, 0.3) is 0 Å². The fourth-order valence-electron chi connectivity index (χ4n) is 3.51. The van der Waals surface area contributed by atoms with Crippen LogP contribution in [0.5, 0.6) is 0 Å². The van der Waals surface area contributed by atoms with Crippen molar-refractivity contribution in [2.75, 3.05) is 13.2 Å². The molecule has 12 heteroatoms. The van der Waals surface area contributed by atoms with E-state index < -0.39 is 80.7 Å². The molecule has 1 aromatic carbocycles. The summed E-state index contributed by atoms with van der Waals surface area (Å²) >= 11 is 0. The molecular weight excluding hydrogens is 430 g/mol. The number of nitriles is 1. The average Bonchev–Trinajstić information content (AvgIpc) is 2.81. The van der Waals surface area contributed by atoms with Gasteiger partial charge in [0.15, 0.2) is 18.7 Å². The largest absolute Gasteiger partial charge is 0.394 e. The average molecular weight is 457 g/mol. The van der Waals surface area contributed by atoms with Crippen molar-refractivity contribution in [3.63, 3.8) is 0 Å². The van der Waals surface area contributed by atoms with E-state index in [4.69, 9.17) is 18.9 Å². The maximum absolute atomic E-state index is 10.3. The van der Waals surface area contributed by atoms with Crippen molar-refractivity contribution in [2.45, 2.75) is 67.5 Å². The lowest BCUT2D eigenvalue weighted by Crippen LogP contribution is -2.61. The summed E-state index contributed by atoms with van der Waals surface area (Å²) in [5.74, 6) is 0. The van der Waals surface area contributed by atoms with Gasteiger partial charge in [-0.25, -0.2) is 0 Å². The highest BCUT2D eigenvalue weighted by Gasteiger charge is 2.48. The van der Waals surface area contributed by atoms with Crippen molar-refractivity contribution in [1.29, 1.82) is 5.26 Å². The Balaban J connectivity index is 1.65. The lowest BCUT2D eigenvalue weighted by atomic mass is 9.98. The number of ether oxygens (including phenoxy) is 4. The monoisotopic (exact) mass is 457 g/mol. The summed E-state index contributed by atoms with van der Waals surface area (Å²) in [6.45, 7) is -1.14. The van der Waals surface area contributed by atoms with Crippen molar-refractivity contribution >= 4 is 0 Å². The molecule has 0 bridgehead atoms. The molecule has 2 aliphatic rings. The van der Waals surface area contributed by atoms with Gasteiger partial charge in [-0.2, -0.15) is 5.26 Å². The smallest absolute Gasteiger partial charge is 0.188 e. The molecular formula is C20H27NO11. The van der Waals surface area contributed by atoms with Gasteiger partial charge in [-0.15, -0.1) is 0 Å². The van der Waals surface area contributed by atoms with E-state index >= 15 is 0 Å². The minimum atomic E-state index is -1.70. The van der Waals surface area contributed by atoms with Crippen molar-refractivity contribution < 1.29 is 54.7 Å². The number of aliphatic hydroxyl groups is 7. The van der Waals surface area contributed by atoms with Crippen molar-refractivity contribution in [1.82, 2.24) is 0 Å². The predicted molar refractivity (Wildman–Crippen MR) is 102 cm³/mol. The second kappa shape index (κ2) is 10.9. The number of nitrogens with zero attached hydrogens (tertiary/aromatic N) is 1. The van der Waals surface area contributed by atoms with E-state index in [1.54, 1.807) is 30.3 Å². The standard InChI is InChI=1S/C20H27NO11/c21-6-10(9-4-2-1-3-5-9)30-20-18(28)16(26)14(24)12(32-20)8-29-19-17(27)15(25)13(23)11(7-22)31-19/h1-5,10-20,22-28H,7-8H2/t10-,11-,12?,13-,14+,15+,16-,17-,18+,19-,20+/m1/s1. The van der Waals surface area contributed by atoms with E-state index in [9.17, 15) is 41.0 Å². The molecule has 7 N–H and O–H groups in total. The Bertz CT molecular complexity index is 760. The zero-order chi connectivity index (χ0) is 23.4. The third-order valence-electron chi connectivity index (χ3n) is 5.43. The van der Waals surface area contributed by atoms with Gasteiger partial charge in [-0.1, -0.05) is 30.3 Å². The van der Waals surface area contributed by atoms with Gasteiger partial charge in [0.05, 0.1) is 19.3 Å². The summed E-state index contributed by atoms with van der Waals surface area (Å²) in [5.41, 5.74) is 0.487. The van der Waals surface area contributed by atoms with Crippen molar-refractivity contribution in [2.24, 2.45) is 0 Å². The van der Waals surface area contributed by atoms with Crippen molar-refractivity contribution in [3.8, 4) is 6.07 Å². The third kappa shape index (κ3) is 5.25. The van der Waals surface area contributed by atoms with E-state index in [0.29, 0.717) is 5.56 Å². The Morgan fingerprint density at radius 3 is 1.97 bits per heavy atom. The summed E-state index contributed by atoms with van der Waals surface area (Å²) < 4.78 is 21.6. The lowest BCUT2D eigenvalue weighted by molar-refractivity contribution is -0.334. The molecule has 3 rings (SSSR count). The molecule has 0 aliphatic carbocycles. The molecule has 0 amide bonds. The molecule has 0 spiro atoms. The normalized spacial score (nSPS) is 41.1. The minimum Gasteiger partial charge on any atom is -0.394 e. The predicted octanol–water partition coefficient (Wildman–Crippen LogP) is -3.11. The third-order valence-corrected chi connectivity index (χ3v) is 5.43. The molecule has 11 atom stereocenters. The number of aliphatic hydroxyl groups excluding tert-OH is 7. The van der Waals surface area contributed by atoms with Crippen LogP contribution in [0.15, 0.2) is 30.3 Å². The minimum absolute atomic E-state index is 0.487. The fraction of sp³-hybridized carbons (Fsp3) is 0.650. The van der Waals surface area contributed by atoms with E-state index in [2.05, 4.69) is 0 Å². The quantitative estimate of drug-likeness (QED) is 0.218. The first-order chi connectivity index (χ1) is 15.3. The summed E-state index contributed by atoms with van der Waals surface area (Å²) in [6.07, 6.45) is -16.5. The van der Waals surface area contributed by atoms with E-state index in [1.165, 1.54) is 0 Å². The van der Waals surface area contributed by atoms with E-state index in [0.717, 1.165) is 0 Å². The molecule has 2 saturated heterocycles. The molecule has 2 fully saturated rings. The zero-order valence-electron chi connectivity index (χ0n) is 16.9. The molecule has 0 saturated carbocycles. The molecule has 2 heterocycles. The van der Waals surface area contributed by atoms with Crippen LogP contribution in [0.4, 0.5) is 0 Å². The second-order valence-electron chi connectivity index (χ2n) is 7.60. The van der Waals surface area contributed by atoms with Crippen LogP contribution in [-0.2, 0) is 18.9 Å². The first-order valence-electron chi connectivity index (χ1n) is 10.00. The Labute approximate surface area is 183 Å². The van der Waals surface area contributed by atoms with Gasteiger partial charge in [0.1, 0.15) is 48.8 Å². The van der Waals surface area contributed by atoms with Crippen LogP contribution in [0.1, 0.15) is 11.7 Å². The van der Waals surface area contributed by atoms with Gasteiger partial charge in [0.2, 0.25) is 0 Å². The topological polar surface area (TPSA) is 202 Å². The Morgan fingerprint density at radius 1 is 0.812 bits per heavy atom. The van der Waals surface area contributed by atoms with Gasteiger partial charge in [0, 0.05) is 0 Å².